The Morgan fingerprint density at radius 1 is 1.22 bits per heavy atom. The van der Waals surface area contributed by atoms with E-state index in [0.29, 0.717) is 32.0 Å². The number of guanidine groups is 1. The van der Waals surface area contributed by atoms with Crippen LogP contribution in [0.5, 0.6) is 0 Å². The summed E-state index contributed by atoms with van der Waals surface area (Å²) in [4.78, 5) is 30.4. The number of nitrogens with one attached hydrogen (secondary N) is 2. The van der Waals surface area contributed by atoms with Gasteiger partial charge in [-0.2, -0.15) is 0 Å². The van der Waals surface area contributed by atoms with Crippen LogP contribution in [0.3, 0.4) is 0 Å². The quantitative estimate of drug-likeness (QED) is 0.243. The number of allylic oxidation sites excluding steroid dienone is 2. The SMILES string of the molecule is CN=C(NCCCF)NCCN1C(=O)C2C3C=CC(C3)C2C1=O. The van der Waals surface area contributed by atoms with Crippen LogP contribution < -0.4 is 10.6 Å². The average Bonchev–Trinajstić information content (AvgIpc) is 3.22. The fraction of sp³-hybridized carbons (Fsp3) is 0.688. The Hall–Kier alpha value is -1.92. The molecule has 0 radical (unpaired) electrons. The molecule has 1 heterocycles. The first-order valence-corrected chi connectivity index (χ1v) is 8.21. The molecule has 6 nitrogen and oxygen atoms in total. The van der Waals surface area contributed by atoms with E-state index in [4.69, 9.17) is 0 Å². The minimum absolute atomic E-state index is 0.0287. The van der Waals surface area contributed by atoms with Gasteiger partial charge in [-0.15, -0.1) is 0 Å². The number of amides is 2. The Morgan fingerprint density at radius 3 is 2.39 bits per heavy atom. The highest BCUT2D eigenvalue weighted by atomic mass is 19.1. The number of carbonyl (C=O) groups is 2. The van der Waals surface area contributed by atoms with Crippen molar-refractivity contribution in [3.05, 3.63) is 12.2 Å². The van der Waals surface area contributed by atoms with Crippen LogP contribution in [0.25, 0.3) is 0 Å². The number of hydrogen-bond acceptors (Lipinski definition) is 3. The lowest BCUT2D eigenvalue weighted by atomic mass is 9.85. The topological polar surface area (TPSA) is 73.8 Å². The third kappa shape index (κ3) is 2.84. The van der Waals surface area contributed by atoms with Crippen LogP contribution >= 0.6 is 0 Å². The molecule has 1 saturated carbocycles. The van der Waals surface area contributed by atoms with Crippen molar-refractivity contribution >= 4 is 17.8 Å². The summed E-state index contributed by atoms with van der Waals surface area (Å²) in [5.74, 6) is 0.709. The Labute approximate surface area is 135 Å². The highest BCUT2D eigenvalue weighted by Crippen LogP contribution is 2.52. The van der Waals surface area contributed by atoms with Gasteiger partial charge in [0.25, 0.3) is 0 Å². The number of fused-ring (bicyclic) bond motifs is 5. The van der Waals surface area contributed by atoms with E-state index in [1.165, 1.54) is 4.90 Å². The third-order valence-corrected chi connectivity index (χ3v) is 5.02. The summed E-state index contributed by atoms with van der Waals surface area (Å²) in [5.41, 5.74) is 0. The van der Waals surface area contributed by atoms with Crippen molar-refractivity contribution in [2.75, 3.05) is 33.4 Å². The lowest BCUT2D eigenvalue weighted by Gasteiger charge is -2.18. The van der Waals surface area contributed by atoms with Gasteiger partial charge in [-0.3, -0.25) is 23.9 Å². The van der Waals surface area contributed by atoms with Crippen LogP contribution in [0.2, 0.25) is 0 Å². The lowest BCUT2D eigenvalue weighted by molar-refractivity contribution is -0.140. The Kier molecular flexibility index (Phi) is 4.63. The number of imide groups is 1. The number of carbonyl (C=O) groups excluding carboxylic acids is 2. The highest BCUT2D eigenvalue weighted by Gasteiger charge is 2.58. The molecule has 23 heavy (non-hydrogen) atoms. The standard InChI is InChI=1S/C16H23FN4O2/c1-18-16(19-6-2-5-17)20-7-8-21-14(22)12-10-3-4-11(9-10)13(12)15(21)23/h3-4,10-13H,2,5-9H2,1H3,(H2,18,19,20). The number of alkyl halides is 1. The molecule has 1 saturated heterocycles. The van der Waals surface area contributed by atoms with E-state index >= 15 is 0 Å². The van der Waals surface area contributed by atoms with Crippen LogP contribution in [0, 0.1) is 23.7 Å². The predicted molar refractivity (Wildman–Crippen MR) is 84.4 cm³/mol. The second kappa shape index (κ2) is 6.68. The molecule has 0 spiro atoms. The number of hydrogen-bond donors (Lipinski definition) is 2. The van der Waals surface area contributed by atoms with Gasteiger partial charge in [-0.1, -0.05) is 12.2 Å². The number of rotatable bonds is 6. The Balaban J connectivity index is 1.50. The molecule has 2 N–H and O–H groups in total. The summed E-state index contributed by atoms with van der Waals surface area (Å²) in [6, 6.07) is 0. The highest BCUT2D eigenvalue weighted by molar-refractivity contribution is 6.06. The summed E-state index contributed by atoms with van der Waals surface area (Å²) in [6.45, 7) is 0.903. The maximum absolute atomic E-state index is 12.5. The van der Waals surface area contributed by atoms with Crippen molar-refractivity contribution in [3.63, 3.8) is 0 Å². The van der Waals surface area contributed by atoms with Crippen molar-refractivity contribution in [2.24, 2.45) is 28.7 Å². The van der Waals surface area contributed by atoms with Crippen molar-refractivity contribution in [3.8, 4) is 0 Å². The number of nitrogens with zero attached hydrogens (tertiary/aromatic N) is 2. The minimum atomic E-state index is -0.375. The second-order valence-electron chi connectivity index (χ2n) is 6.30. The van der Waals surface area contributed by atoms with E-state index < -0.39 is 0 Å². The molecule has 2 bridgehead atoms. The summed E-state index contributed by atoms with van der Waals surface area (Å²) in [6.07, 6.45) is 5.55. The maximum Gasteiger partial charge on any atom is 0.233 e. The Morgan fingerprint density at radius 2 is 1.83 bits per heavy atom. The molecule has 3 rings (SSSR count). The molecular formula is C16H23FN4O2. The zero-order valence-corrected chi connectivity index (χ0v) is 13.3. The molecule has 3 aliphatic rings. The van der Waals surface area contributed by atoms with Crippen molar-refractivity contribution in [2.45, 2.75) is 12.8 Å². The molecular weight excluding hydrogens is 299 g/mol. The Bertz CT molecular complexity index is 518. The van der Waals surface area contributed by atoms with Gasteiger partial charge in [0.1, 0.15) is 0 Å². The summed E-state index contributed by atoms with van der Waals surface area (Å²) in [7, 11) is 1.63. The van der Waals surface area contributed by atoms with Crippen LogP contribution in [0.15, 0.2) is 17.1 Å². The van der Waals surface area contributed by atoms with Gasteiger partial charge in [0, 0.05) is 26.7 Å². The van der Waals surface area contributed by atoms with E-state index in [1.54, 1.807) is 7.05 Å². The van der Waals surface area contributed by atoms with E-state index in [0.717, 1.165) is 6.42 Å². The predicted octanol–water partition coefficient (Wildman–Crippen LogP) is 0.318. The molecule has 1 aliphatic heterocycles. The minimum Gasteiger partial charge on any atom is -0.356 e. The molecule has 7 heteroatoms. The zero-order chi connectivity index (χ0) is 16.4. The van der Waals surface area contributed by atoms with Crippen LogP contribution in [0.4, 0.5) is 4.39 Å². The van der Waals surface area contributed by atoms with Gasteiger partial charge in [0.05, 0.1) is 18.5 Å². The normalized spacial score (nSPS) is 31.9. The fourth-order valence-corrected chi connectivity index (χ4v) is 3.96. The van der Waals surface area contributed by atoms with Gasteiger partial charge in [0.2, 0.25) is 11.8 Å². The van der Waals surface area contributed by atoms with E-state index in [2.05, 4.69) is 27.8 Å². The van der Waals surface area contributed by atoms with E-state index in [9.17, 15) is 14.0 Å². The smallest absolute Gasteiger partial charge is 0.233 e. The lowest BCUT2D eigenvalue weighted by Crippen LogP contribution is -2.44. The van der Waals surface area contributed by atoms with E-state index in [1.807, 2.05) is 0 Å². The first-order valence-electron chi connectivity index (χ1n) is 8.21. The second-order valence-corrected chi connectivity index (χ2v) is 6.30. The first kappa shape index (κ1) is 16.0. The molecule has 0 aromatic carbocycles. The van der Waals surface area contributed by atoms with Gasteiger partial charge in [0.15, 0.2) is 5.96 Å². The molecule has 0 aromatic rings. The van der Waals surface area contributed by atoms with Crippen molar-refractivity contribution in [1.29, 1.82) is 0 Å². The molecule has 2 amide bonds. The summed E-state index contributed by atoms with van der Waals surface area (Å²) in [5, 5.41) is 6.04. The third-order valence-electron chi connectivity index (χ3n) is 5.02. The van der Waals surface area contributed by atoms with Gasteiger partial charge in [-0.05, 0) is 24.7 Å². The maximum atomic E-state index is 12.5. The van der Waals surface area contributed by atoms with Crippen molar-refractivity contribution in [1.82, 2.24) is 15.5 Å². The zero-order valence-electron chi connectivity index (χ0n) is 13.3. The number of halogens is 1. The average molecular weight is 322 g/mol. The van der Waals surface area contributed by atoms with Crippen molar-refractivity contribution < 1.29 is 14.0 Å². The molecule has 2 fully saturated rings. The molecule has 126 valence electrons. The monoisotopic (exact) mass is 322 g/mol. The molecule has 0 aromatic heterocycles. The van der Waals surface area contributed by atoms with Crippen LogP contribution in [-0.2, 0) is 9.59 Å². The molecule has 4 unspecified atom stereocenters. The van der Waals surface area contributed by atoms with E-state index in [-0.39, 0.29) is 42.2 Å². The number of likely N-dealkylation sites (tertiary alicyclic amines) is 1. The fourth-order valence-electron chi connectivity index (χ4n) is 3.96. The first-order chi connectivity index (χ1) is 11.2. The molecule has 4 atom stereocenters. The van der Waals surface area contributed by atoms with Gasteiger partial charge >= 0.3 is 0 Å². The number of aliphatic imine (C=N–C) groups is 1. The van der Waals surface area contributed by atoms with Gasteiger partial charge < -0.3 is 10.6 Å². The summed E-state index contributed by atoms with van der Waals surface area (Å²) >= 11 is 0. The van der Waals surface area contributed by atoms with Gasteiger partial charge in [-0.25, -0.2) is 0 Å². The summed E-state index contributed by atoms with van der Waals surface area (Å²) < 4.78 is 12.1. The van der Waals surface area contributed by atoms with Crippen LogP contribution in [-0.4, -0.2) is 56.0 Å². The largest absolute Gasteiger partial charge is 0.356 e. The molecule has 2 aliphatic carbocycles. The van der Waals surface area contributed by atoms with Crippen LogP contribution in [0.1, 0.15) is 12.8 Å².